The fourth-order valence-corrected chi connectivity index (χ4v) is 2.99. The molecule has 1 N–H and O–H groups in total. The fourth-order valence-electron chi connectivity index (χ4n) is 1.85. The fraction of sp³-hybridized carbons (Fsp3) is 0.533. The van der Waals surface area contributed by atoms with E-state index in [1.807, 2.05) is 0 Å². The number of amides is 1. The minimum absolute atomic E-state index is 0.121. The van der Waals surface area contributed by atoms with Crippen LogP contribution < -0.4 is 5.32 Å². The maximum Gasteiger partial charge on any atom is 0.416 e. The van der Waals surface area contributed by atoms with Crippen LogP contribution in [0, 0.1) is 5.41 Å². The molecule has 2 nitrogen and oxygen atoms in total. The Kier molecular flexibility index (Phi) is 5.84. The number of hydrogen-bond acceptors (Lipinski definition) is 1. The molecule has 1 rings (SSSR count). The Labute approximate surface area is 131 Å². The molecule has 0 aliphatic heterocycles. The minimum atomic E-state index is -4.39. The van der Waals surface area contributed by atoms with Gasteiger partial charge in [0.2, 0.25) is 0 Å². The summed E-state index contributed by atoms with van der Waals surface area (Å²) < 4.78 is 37.3. The van der Waals surface area contributed by atoms with Crippen LogP contribution in [0.15, 0.2) is 24.3 Å². The van der Waals surface area contributed by atoms with Gasteiger partial charge in [-0.15, -0.1) is 0 Å². The number of alkyl halides is 4. The molecule has 0 aliphatic rings. The lowest BCUT2D eigenvalue weighted by molar-refractivity contribution is -0.137. The average molecular weight is 366 g/mol. The highest BCUT2D eigenvalue weighted by Crippen LogP contribution is 2.29. The summed E-state index contributed by atoms with van der Waals surface area (Å²) in [5, 5.41) is 2.71. The van der Waals surface area contributed by atoms with Gasteiger partial charge in [0.25, 0.3) is 5.91 Å². The molecule has 1 aromatic rings. The van der Waals surface area contributed by atoms with Crippen LogP contribution in [0.4, 0.5) is 13.2 Å². The molecule has 1 unspecified atom stereocenters. The van der Waals surface area contributed by atoms with E-state index in [-0.39, 0.29) is 21.7 Å². The number of carbonyl (C=O) groups is 1. The van der Waals surface area contributed by atoms with Crippen LogP contribution in [0.3, 0.4) is 0 Å². The lowest BCUT2D eigenvalue weighted by atomic mass is 9.90. The van der Waals surface area contributed by atoms with E-state index in [1.165, 1.54) is 12.1 Å². The number of rotatable bonds is 4. The molecule has 0 saturated heterocycles. The van der Waals surface area contributed by atoms with Gasteiger partial charge in [0.05, 0.1) is 5.56 Å². The van der Waals surface area contributed by atoms with Crippen molar-refractivity contribution in [2.45, 2.75) is 38.2 Å². The van der Waals surface area contributed by atoms with Crippen molar-refractivity contribution in [3.05, 3.63) is 35.4 Å². The van der Waals surface area contributed by atoms with Crippen molar-refractivity contribution < 1.29 is 18.0 Å². The second kappa shape index (κ2) is 6.81. The second-order valence-corrected chi connectivity index (χ2v) is 7.44. The van der Waals surface area contributed by atoms with Gasteiger partial charge in [-0.2, -0.15) is 13.2 Å². The monoisotopic (exact) mass is 365 g/mol. The average Bonchev–Trinajstić information content (AvgIpc) is 2.33. The lowest BCUT2D eigenvalue weighted by Gasteiger charge is -2.22. The van der Waals surface area contributed by atoms with Crippen molar-refractivity contribution in [2.75, 3.05) is 6.54 Å². The zero-order valence-electron chi connectivity index (χ0n) is 12.2. The quantitative estimate of drug-likeness (QED) is 0.774. The molecule has 1 amide bonds. The molecular formula is C15H19BrF3NO. The smallest absolute Gasteiger partial charge is 0.351 e. The third-order valence-electron chi connectivity index (χ3n) is 2.79. The summed E-state index contributed by atoms with van der Waals surface area (Å²) in [6.45, 7) is 6.72. The van der Waals surface area contributed by atoms with Gasteiger partial charge in [-0.3, -0.25) is 4.79 Å². The summed E-state index contributed by atoms with van der Waals surface area (Å²) in [6.07, 6.45) is -3.51. The second-order valence-electron chi connectivity index (χ2n) is 6.15. The van der Waals surface area contributed by atoms with Gasteiger partial charge in [-0.25, -0.2) is 0 Å². The van der Waals surface area contributed by atoms with Gasteiger partial charge in [-0.05, 0) is 36.1 Å². The summed E-state index contributed by atoms with van der Waals surface area (Å²) in [6, 6.07) is 4.20. The minimum Gasteiger partial charge on any atom is -0.351 e. The topological polar surface area (TPSA) is 29.1 Å². The lowest BCUT2D eigenvalue weighted by Crippen LogP contribution is -2.31. The molecule has 118 valence electrons. The van der Waals surface area contributed by atoms with E-state index in [0.717, 1.165) is 18.6 Å². The molecule has 0 fully saturated rings. The molecule has 0 saturated carbocycles. The number of carbonyl (C=O) groups excluding carboxylic acids is 1. The first-order valence-electron chi connectivity index (χ1n) is 6.58. The summed E-state index contributed by atoms with van der Waals surface area (Å²) in [7, 11) is 0. The standard InChI is InChI=1S/C15H19BrF3NO/c1-14(2,3)8-12(16)9-20-13(21)10-4-6-11(7-5-10)15(17,18)19/h4-7,12H,8-9H2,1-3H3,(H,20,21). The maximum atomic E-state index is 12.4. The molecule has 6 heteroatoms. The van der Waals surface area contributed by atoms with Gasteiger partial charge >= 0.3 is 6.18 Å². The molecular weight excluding hydrogens is 347 g/mol. The maximum absolute atomic E-state index is 12.4. The third-order valence-corrected chi connectivity index (χ3v) is 3.44. The number of nitrogens with one attached hydrogen (secondary N) is 1. The molecule has 0 spiro atoms. The third kappa shape index (κ3) is 6.50. The Morgan fingerprint density at radius 2 is 1.71 bits per heavy atom. The normalized spacial score (nSPS) is 13.9. The van der Waals surface area contributed by atoms with E-state index in [1.54, 1.807) is 0 Å². The van der Waals surface area contributed by atoms with Gasteiger partial charge < -0.3 is 5.32 Å². The van der Waals surface area contributed by atoms with E-state index in [2.05, 4.69) is 42.0 Å². The summed E-state index contributed by atoms with van der Waals surface area (Å²) in [4.78, 5) is 12.0. The van der Waals surface area contributed by atoms with E-state index >= 15 is 0 Å². The van der Waals surface area contributed by atoms with Gasteiger partial charge in [0, 0.05) is 16.9 Å². The number of hydrogen-bond donors (Lipinski definition) is 1. The Bertz CT molecular complexity index is 477. The molecule has 0 aliphatic carbocycles. The molecule has 1 aromatic carbocycles. The Balaban J connectivity index is 2.57. The van der Waals surface area contributed by atoms with E-state index in [9.17, 15) is 18.0 Å². The Hall–Kier alpha value is -1.04. The molecule has 1 atom stereocenters. The Morgan fingerprint density at radius 1 is 1.19 bits per heavy atom. The van der Waals surface area contributed by atoms with Crippen molar-refractivity contribution in [1.82, 2.24) is 5.32 Å². The largest absolute Gasteiger partial charge is 0.416 e. The molecule has 0 heterocycles. The van der Waals surface area contributed by atoms with E-state index in [4.69, 9.17) is 0 Å². The van der Waals surface area contributed by atoms with Gasteiger partial charge in [0.15, 0.2) is 0 Å². The van der Waals surface area contributed by atoms with Crippen molar-refractivity contribution in [3.63, 3.8) is 0 Å². The zero-order valence-corrected chi connectivity index (χ0v) is 13.8. The Morgan fingerprint density at radius 3 is 2.14 bits per heavy atom. The molecule has 0 bridgehead atoms. The molecule has 21 heavy (non-hydrogen) atoms. The summed E-state index contributed by atoms with van der Waals surface area (Å²) in [5.41, 5.74) is -0.406. The predicted octanol–water partition coefficient (Wildman–Crippen LogP) is 4.63. The molecule has 0 aromatic heterocycles. The van der Waals surface area contributed by atoms with Crippen molar-refractivity contribution in [1.29, 1.82) is 0 Å². The predicted molar refractivity (Wildman–Crippen MR) is 80.6 cm³/mol. The zero-order chi connectivity index (χ0) is 16.3. The van der Waals surface area contributed by atoms with Crippen LogP contribution in [0.2, 0.25) is 0 Å². The van der Waals surface area contributed by atoms with Gasteiger partial charge in [-0.1, -0.05) is 36.7 Å². The van der Waals surface area contributed by atoms with Crippen LogP contribution in [0.5, 0.6) is 0 Å². The van der Waals surface area contributed by atoms with Crippen LogP contribution in [-0.4, -0.2) is 17.3 Å². The van der Waals surface area contributed by atoms with Crippen molar-refractivity contribution in [2.24, 2.45) is 5.41 Å². The number of benzene rings is 1. The van der Waals surface area contributed by atoms with Crippen molar-refractivity contribution >= 4 is 21.8 Å². The SMILES string of the molecule is CC(C)(C)CC(Br)CNC(=O)c1ccc(C(F)(F)F)cc1. The van der Waals surface area contributed by atoms with E-state index in [0.29, 0.717) is 6.54 Å². The van der Waals surface area contributed by atoms with Crippen LogP contribution in [0.25, 0.3) is 0 Å². The van der Waals surface area contributed by atoms with E-state index < -0.39 is 11.7 Å². The van der Waals surface area contributed by atoms with Gasteiger partial charge in [0.1, 0.15) is 0 Å². The first-order valence-corrected chi connectivity index (χ1v) is 7.50. The highest BCUT2D eigenvalue weighted by Gasteiger charge is 2.30. The number of halogens is 4. The van der Waals surface area contributed by atoms with Crippen LogP contribution >= 0.6 is 15.9 Å². The summed E-state index contributed by atoms with van der Waals surface area (Å²) >= 11 is 3.49. The first-order chi connectivity index (χ1) is 9.49. The van der Waals surface area contributed by atoms with Crippen LogP contribution in [0.1, 0.15) is 43.1 Å². The first kappa shape index (κ1) is 18.0. The van der Waals surface area contributed by atoms with Crippen molar-refractivity contribution in [3.8, 4) is 0 Å². The highest BCUT2D eigenvalue weighted by atomic mass is 79.9. The van der Waals surface area contributed by atoms with Crippen LogP contribution in [-0.2, 0) is 6.18 Å². The highest BCUT2D eigenvalue weighted by molar-refractivity contribution is 9.09. The molecule has 0 radical (unpaired) electrons. The summed E-state index contributed by atoms with van der Waals surface area (Å²) in [5.74, 6) is -0.373.